The van der Waals surface area contributed by atoms with Gasteiger partial charge in [-0.25, -0.2) is 15.0 Å². The van der Waals surface area contributed by atoms with E-state index in [0.29, 0.717) is 23.3 Å². The fraction of sp³-hybridized carbons (Fsp3) is 0.417. The van der Waals surface area contributed by atoms with Gasteiger partial charge >= 0.3 is 0 Å². The third-order valence-corrected chi connectivity index (χ3v) is 6.83. The van der Waals surface area contributed by atoms with E-state index in [0.717, 1.165) is 73.6 Å². The molecule has 0 spiro atoms. The molecule has 9 nitrogen and oxygen atoms in total. The van der Waals surface area contributed by atoms with Crippen molar-refractivity contribution in [2.75, 3.05) is 32.0 Å². The van der Waals surface area contributed by atoms with Crippen molar-refractivity contribution in [1.29, 1.82) is 0 Å². The molecule has 0 bridgehead atoms. The first-order chi connectivity index (χ1) is 16.1. The molecule has 4 aromatic rings. The number of para-hydroxylation sites is 1. The molecule has 5 heterocycles. The van der Waals surface area contributed by atoms with Gasteiger partial charge in [0, 0.05) is 22.6 Å². The normalized spacial score (nSPS) is 18.5. The first-order valence-corrected chi connectivity index (χ1v) is 11.5. The van der Waals surface area contributed by atoms with Crippen LogP contribution in [-0.2, 0) is 11.2 Å². The number of hydrogen-bond acceptors (Lipinski definition) is 7. The molecule has 2 saturated heterocycles. The summed E-state index contributed by atoms with van der Waals surface area (Å²) >= 11 is 0. The fourth-order valence-corrected chi connectivity index (χ4v) is 4.98. The summed E-state index contributed by atoms with van der Waals surface area (Å²) in [6, 6.07) is 6.23. The van der Waals surface area contributed by atoms with Crippen molar-refractivity contribution in [1.82, 2.24) is 35.5 Å². The van der Waals surface area contributed by atoms with Crippen molar-refractivity contribution in [3.8, 4) is 22.8 Å². The summed E-state index contributed by atoms with van der Waals surface area (Å²) in [5.41, 5.74) is 13.0. The number of anilines is 1. The molecule has 2 aliphatic rings. The average Bonchev–Trinajstić information content (AvgIpc) is 3.47. The highest BCUT2D eigenvalue weighted by molar-refractivity contribution is 5.83. The van der Waals surface area contributed by atoms with Crippen LogP contribution in [0.2, 0.25) is 0 Å². The van der Waals surface area contributed by atoms with Crippen LogP contribution in [0.25, 0.3) is 33.8 Å². The van der Waals surface area contributed by atoms with E-state index in [1.807, 2.05) is 12.3 Å². The third-order valence-electron chi connectivity index (χ3n) is 6.83. The third kappa shape index (κ3) is 3.67. The average molecular weight is 445 g/mol. The van der Waals surface area contributed by atoms with Crippen LogP contribution >= 0.6 is 0 Å². The van der Waals surface area contributed by atoms with E-state index in [9.17, 15) is 0 Å². The maximum Gasteiger partial charge on any atom is 0.161 e. The molecule has 2 aliphatic heterocycles. The summed E-state index contributed by atoms with van der Waals surface area (Å²) in [5, 5.41) is 10.9. The Balaban J connectivity index is 1.38. The first kappa shape index (κ1) is 20.3. The molecule has 3 aromatic heterocycles. The van der Waals surface area contributed by atoms with Gasteiger partial charge in [0.25, 0.3) is 0 Å². The minimum absolute atomic E-state index is 0.165. The molecule has 0 unspecified atom stereocenters. The first-order valence-electron chi connectivity index (χ1n) is 11.5. The van der Waals surface area contributed by atoms with E-state index in [4.69, 9.17) is 20.4 Å². The smallest absolute Gasteiger partial charge is 0.161 e. The molecule has 0 aliphatic carbocycles. The van der Waals surface area contributed by atoms with Crippen LogP contribution in [0.1, 0.15) is 36.9 Å². The summed E-state index contributed by atoms with van der Waals surface area (Å²) in [7, 11) is 0. The number of piperidine rings is 1. The Kier molecular flexibility index (Phi) is 4.88. The number of aromatic amines is 2. The van der Waals surface area contributed by atoms with Gasteiger partial charge in [0.15, 0.2) is 11.6 Å². The second kappa shape index (κ2) is 7.93. The number of imidazole rings is 1. The number of nitrogens with two attached hydrogens (primary N) is 1. The Morgan fingerprint density at radius 2 is 2.00 bits per heavy atom. The zero-order valence-electron chi connectivity index (χ0n) is 18.7. The van der Waals surface area contributed by atoms with Crippen molar-refractivity contribution in [2.45, 2.75) is 32.1 Å². The topological polar surface area (TPSA) is 130 Å². The summed E-state index contributed by atoms with van der Waals surface area (Å²) in [5.74, 6) is 1.41. The summed E-state index contributed by atoms with van der Waals surface area (Å²) < 4.78 is 5.44. The Labute approximate surface area is 191 Å². The maximum absolute atomic E-state index is 6.27. The van der Waals surface area contributed by atoms with Gasteiger partial charge in [0.05, 0.1) is 42.3 Å². The number of nitrogens with zero attached hydrogens (tertiary/aromatic N) is 4. The number of ether oxygens (including phenoxy) is 1. The van der Waals surface area contributed by atoms with Gasteiger partial charge in [0.1, 0.15) is 5.69 Å². The minimum Gasteiger partial charge on any atom is -0.382 e. The van der Waals surface area contributed by atoms with Crippen molar-refractivity contribution < 1.29 is 4.74 Å². The van der Waals surface area contributed by atoms with Gasteiger partial charge in [0.2, 0.25) is 0 Å². The van der Waals surface area contributed by atoms with Crippen molar-refractivity contribution in [3.05, 3.63) is 41.9 Å². The number of benzene rings is 1. The predicted molar refractivity (Wildman–Crippen MR) is 127 cm³/mol. The van der Waals surface area contributed by atoms with Crippen molar-refractivity contribution in [2.24, 2.45) is 5.41 Å². The zero-order valence-corrected chi connectivity index (χ0v) is 18.7. The van der Waals surface area contributed by atoms with Crippen LogP contribution < -0.4 is 11.1 Å². The van der Waals surface area contributed by atoms with E-state index < -0.39 is 0 Å². The molecule has 0 amide bonds. The van der Waals surface area contributed by atoms with Gasteiger partial charge in [-0.3, -0.25) is 5.10 Å². The van der Waals surface area contributed by atoms with Crippen LogP contribution in [0.15, 0.2) is 30.6 Å². The van der Waals surface area contributed by atoms with Gasteiger partial charge in [-0.15, -0.1) is 0 Å². The van der Waals surface area contributed by atoms with E-state index >= 15 is 0 Å². The quantitative estimate of drug-likeness (QED) is 0.372. The number of rotatable bonds is 5. The molecule has 0 radical (unpaired) electrons. The highest BCUT2D eigenvalue weighted by Crippen LogP contribution is 2.35. The Morgan fingerprint density at radius 1 is 1.15 bits per heavy atom. The molecule has 170 valence electrons. The van der Waals surface area contributed by atoms with Gasteiger partial charge in [-0.2, -0.15) is 5.10 Å². The number of nitrogens with one attached hydrogen (secondary N) is 3. The molecule has 1 aromatic carbocycles. The number of aromatic nitrogens is 6. The molecular weight excluding hydrogens is 416 g/mol. The lowest BCUT2D eigenvalue weighted by molar-refractivity contribution is -0.100. The molecule has 0 saturated carbocycles. The molecule has 6 rings (SSSR count). The molecule has 33 heavy (non-hydrogen) atoms. The van der Waals surface area contributed by atoms with Crippen molar-refractivity contribution in [3.63, 3.8) is 0 Å². The number of nitrogen functional groups attached to an aromatic ring is 1. The Morgan fingerprint density at radius 3 is 2.79 bits per heavy atom. The van der Waals surface area contributed by atoms with Crippen LogP contribution in [0.3, 0.4) is 0 Å². The van der Waals surface area contributed by atoms with Crippen LogP contribution in [0.5, 0.6) is 0 Å². The molecule has 0 atom stereocenters. The minimum atomic E-state index is 0.165. The highest BCUT2D eigenvalue weighted by atomic mass is 16.5. The summed E-state index contributed by atoms with van der Waals surface area (Å²) in [6.45, 7) is 5.83. The molecular formula is C24H28N8O. The van der Waals surface area contributed by atoms with Crippen molar-refractivity contribution >= 4 is 16.9 Å². The zero-order chi connectivity index (χ0) is 22.4. The largest absolute Gasteiger partial charge is 0.382 e. The number of H-pyrrole nitrogens is 2. The van der Waals surface area contributed by atoms with Gasteiger partial charge in [-0.05, 0) is 44.0 Å². The van der Waals surface area contributed by atoms with Crippen LogP contribution in [0.4, 0.5) is 5.82 Å². The Hall–Kier alpha value is -3.30. The highest BCUT2D eigenvalue weighted by Gasteiger charge is 2.34. The Bertz CT molecular complexity index is 1300. The van der Waals surface area contributed by atoms with E-state index in [1.54, 1.807) is 6.20 Å². The lowest BCUT2D eigenvalue weighted by atomic mass is 9.82. The standard InChI is InChI=1S/C24H28N8O/c1-24(12-33-13-24)9-15-3-2-4-17-20(15)31-23(30-17)21-22(25)27-11-18(29-21)16-10-28-32-19(16)14-5-7-26-8-6-14/h2-4,10-11,14,26H,5-9,12-13H2,1H3,(H2,25,27)(H,28,32)(H,30,31). The number of fused-ring (bicyclic) bond motifs is 1. The van der Waals surface area contributed by atoms with Gasteiger partial charge < -0.3 is 20.8 Å². The second-order valence-corrected chi connectivity index (χ2v) is 9.59. The van der Waals surface area contributed by atoms with Gasteiger partial charge in [-0.1, -0.05) is 19.1 Å². The molecule has 5 N–H and O–H groups in total. The lowest BCUT2D eigenvalue weighted by Gasteiger charge is -2.38. The van der Waals surface area contributed by atoms with E-state index in [1.165, 1.54) is 5.56 Å². The summed E-state index contributed by atoms with van der Waals surface area (Å²) in [4.78, 5) is 17.7. The SMILES string of the molecule is CC1(Cc2cccc3[nH]c(-c4nc(-c5cn[nH]c5C5CCNCC5)cnc4N)nc23)COC1. The monoisotopic (exact) mass is 444 g/mol. The maximum atomic E-state index is 6.27. The molecule has 2 fully saturated rings. The van der Waals surface area contributed by atoms with E-state index in [2.05, 4.69) is 44.5 Å². The fourth-order valence-electron chi connectivity index (χ4n) is 4.98. The lowest BCUT2D eigenvalue weighted by Crippen LogP contribution is -2.41. The van der Waals surface area contributed by atoms with Crippen LogP contribution in [-0.4, -0.2) is 56.4 Å². The van der Waals surface area contributed by atoms with Crippen LogP contribution in [0, 0.1) is 5.41 Å². The molecule has 9 heteroatoms. The second-order valence-electron chi connectivity index (χ2n) is 9.59. The summed E-state index contributed by atoms with van der Waals surface area (Å²) in [6.07, 6.45) is 6.62. The van der Waals surface area contributed by atoms with E-state index in [-0.39, 0.29) is 5.41 Å². The number of hydrogen-bond donors (Lipinski definition) is 4. The predicted octanol–water partition coefficient (Wildman–Crippen LogP) is 3.04.